The molecule has 3 nitrogen and oxygen atoms in total. The molecule has 0 aromatic heterocycles. The molecule has 0 spiro atoms. The molecule has 0 aliphatic rings. The van der Waals surface area contributed by atoms with Gasteiger partial charge in [0.1, 0.15) is 0 Å². The summed E-state index contributed by atoms with van der Waals surface area (Å²) in [6.45, 7) is 5.82. The molecule has 0 radical (unpaired) electrons. The molecule has 0 saturated carbocycles. The third-order valence-electron chi connectivity index (χ3n) is 2.81. The molecule has 0 fully saturated rings. The van der Waals surface area contributed by atoms with Gasteiger partial charge in [-0.3, -0.25) is 0 Å². The average Bonchev–Trinajstić information content (AvgIpc) is 2.25. The first-order valence-corrected chi connectivity index (χ1v) is 5.35. The second-order valence-electron chi connectivity index (χ2n) is 3.54. The number of hydrogen-bond donors (Lipinski definition) is 3. The van der Waals surface area contributed by atoms with Crippen LogP contribution in [0.25, 0.3) is 0 Å². The zero-order valence-corrected chi connectivity index (χ0v) is 9.46. The molecule has 0 bridgehead atoms. The van der Waals surface area contributed by atoms with E-state index in [1.165, 1.54) is 0 Å². The lowest BCUT2D eigenvalue weighted by Gasteiger charge is -2.16. The van der Waals surface area contributed by atoms with E-state index < -0.39 is 0 Å². The van der Waals surface area contributed by atoms with Crippen molar-refractivity contribution in [3.8, 4) is 17.2 Å². The van der Waals surface area contributed by atoms with Crippen molar-refractivity contribution >= 4 is 0 Å². The maximum absolute atomic E-state index is 9.70. The quantitative estimate of drug-likeness (QED) is 0.672. The molecule has 3 N–H and O–H groups in total. The number of benzene rings is 1. The summed E-state index contributed by atoms with van der Waals surface area (Å²) in [4.78, 5) is 0. The van der Waals surface area contributed by atoms with Gasteiger partial charge >= 0.3 is 0 Å². The highest BCUT2D eigenvalue weighted by molar-refractivity contribution is 5.61. The van der Waals surface area contributed by atoms with E-state index in [-0.39, 0.29) is 17.2 Å². The van der Waals surface area contributed by atoms with Crippen molar-refractivity contribution in [3.63, 3.8) is 0 Å². The number of phenols is 3. The van der Waals surface area contributed by atoms with Crippen molar-refractivity contribution in [3.05, 3.63) is 16.7 Å². The van der Waals surface area contributed by atoms with Gasteiger partial charge in [-0.2, -0.15) is 0 Å². The Kier molecular flexibility index (Phi) is 3.45. The Morgan fingerprint density at radius 3 is 1.20 bits per heavy atom. The maximum Gasteiger partial charge on any atom is 0.200 e. The predicted molar refractivity (Wildman–Crippen MR) is 59.6 cm³/mol. The number of phenolic OH excluding ortho intramolecular Hbond substituents is 3. The van der Waals surface area contributed by atoms with Gasteiger partial charge in [-0.05, 0) is 24.8 Å². The second-order valence-corrected chi connectivity index (χ2v) is 3.54. The van der Waals surface area contributed by atoms with Crippen LogP contribution in [0.4, 0.5) is 0 Å². The number of aromatic hydroxyl groups is 3. The number of hydrogen-bond acceptors (Lipinski definition) is 3. The van der Waals surface area contributed by atoms with Gasteiger partial charge in [-0.1, -0.05) is 20.8 Å². The van der Waals surface area contributed by atoms with Gasteiger partial charge in [0.05, 0.1) is 0 Å². The molecule has 0 unspecified atom stereocenters. The van der Waals surface area contributed by atoms with E-state index in [0.29, 0.717) is 12.8 Å². The van der Waals surface area contributed by atoms with Crippen molar-refractivity contribution in [2.45, 2.75) is 40.0 Å². The van der Waals surface area contributed by atoms with Crippen molar-refractivity contribution < 1.29 is 15.3 Å². The summed E-state index contributed by atoms with van der Waals surface area (Å²) in [6.07, 6.45) is 2.04. The van der Waals surface area contributed by atoms with Gasteiger partial charge < -0.3 is 15.3 Å². The van der Waals surface area contributed by atoms with E-state index in [4.69, 9.17) is 0 Å². The minimum Gasteiger partial charge on any atom is -0.504 e. The van der Waals surface area contributed by atoms with Crippen LogP contribution in [0.2, 0.25) is 0 Å². The summed E-state index contributed by atoms with van der Waals surface area (Å²) in [5.41, 5.74) is 2.43. The highest BCUT2D eigenvalue weighted by Gasteiger charge is 2.19. The Balaban J connectivity index is 3.59. The van der Waals surface area contributed by atoms with Crippen LogP contribution in [0.15, 0.2) is 0 Å². The lowest BCUT2D eigenvalue weighted by molar-refractivity contribution is 0.361. The molecule has 1 aromatic rings. The van der Waals surface area contributed by atoms with Crippen LogP contribution in [0, 0.1) is 0 Å². The Morgan fingerprint density at radius 1 is 0.600 bits per heavy atom. The maximum atomic E-state index is 9.70. The largest absolute Gasteiger partial charge is 0.504 e. The zero-order chi connectivity index (χ0) is 11.6. The molecular weight excluding hydrogens is 192 g/mol. The Morgan fingerprint density at radius 2 is 0.933 bits per heavy atom. The van der Waals surface area contributed by atoms with Gasteiger partial charge in [0.15, 0.2) is 11.5 Å². The summed E-state index contributed by atoms with van der Waals surface area (Å²) in [6, 6.07) is 0. The van der Waals surface area contributed by atoms with Crippen LogP contribution >= 0.6 is 0 Å². The van der Waals surface area contributed by atoms with E-state index in [1.807, 2.05) is 20.8 Å². The van der Waals surface area contributed by atoms with E-state index >= 15 is 0 Å². The third-order valence-corrected chi connectivity index (χ3v) is 2.81. The predicted octanol–water partition coefficient (Wildman–Crippen LogP) is 2.49. The molecule has 0 atom stereocenters. The lowest BCUT2D eigenvalue weighted by Crippen LogP contribution is -1.99. The molecule has 1 rings (SSSR count). The molecule has 0 aliphatic carbocycles. The molecule has 0 amide bonds. The van der Waals surface area contributed by atoms with Crippen LogP contribution in [0.1, 0.15) is 37.5 Å². The first-order chi connectivity index (χ1) is 7.08. The van der Waals surface area contributed by atoms with Gasteiger partial charge in [0.25, 0.3) is 0 Å². The topological polar surface area (TPSA) is 60.7 Å². The third kappa shape index (κ3) is 1.74. The molecule has 3 heteroatoms. The Hall–Kier alpha value is -1.38. The van der Waals surface area contributed by atoms with Crippen molar-refractivity contribution in [2.24, 2.45) is 0 Å². The van der Waals surface area contributed by atoms with Crippen LogP contribution in [0.3, 0.4) is 0 Å². The molecule has 0 heterocycles. The van der Waals surface area contributed by atoms with Crippen LogP contribution in [0.5, 0.6) is 17.2 Å². The summed E-state index contributed by atoms with van der Waals surface area (Å²) < 4.78 is 0. The summed E-state index contributed by atoms with van der Waals surface area (Å²) >= 11 is 0. The van der Waals surface area contributed by atoms with Crippen LogP contribution < -0.4 is 0 Å². The smallest absolute Gasteiger partial charge is 0.200 e. The molecule has 0 aliphatic heterocycles. The average molecular weight is 210 g/mol. The molecule has 1 aromatic carbocycles. The monoisotopic (exact) mass is 210 g/mol. The minimum atomic E-state index is -0.388. The SMILES string of the molecule is CCc1c(O)c(O)c(O)c(CC)c1CC. The molecular formula is C12H18O3. The highest BCUT2D eigenvalue weighted by Crippen LogP contribution is 2.43. The van der Waals surface area contributed by atoms with E-state index in [2.05, 4.69) is 0 Å². The van der Waals surface area contributed by atoms with E-state index in [9.17, 15) is 15.3 Å². The van der Waals surface area contributed by atoms with Gasteiger partial charge in [0.2, 0.25) is 5.75 Å². The van der Waals surface area contributed by atoms with Crippen molar-refractivity contribution in [1.29, 1.82) is 0 Å². The van der Waals surface area contributed by atoms with E-state index in [0.717, 1.165) is 23.1 Å². The fraction of sp³-hybridized carbons (Fsp3) is 0.500. The fourth-order valence-corrected chi connectivity index (χ4v) is 2.05. The summed E-state index contributed by atoms with van der Waals surface area (Å²) in [5.74, 6) is -0.742. The molecule has 15 heavy (non-hydrogen) atoms. The molecule has 84 valence electrons. The Labute approximate surface area is 90.0 Å². The van der Waals surface area contributed by atoms with E-state index in [1.54, 1.807) is 0 Å². The second kappa shape index (κ2) is 4.43. The minimum absolute atomic E-state index is 0.177. The summed E-state index contributed by atoms with van der Waals surface area (Å²) in [5, 5.41) is 29.0. The number of rotatable bonds is 3. The fourth-order valence-electron chi connectivity index (χ4n) is 2.05. The highest BCUT2D eigenvalue weighted by atomic mass is 16.3. The van der Waals surface area contributed by atoms with Crippen molar-refractivity contribution in [2.75, 3.05) is 0 Å². The normalized spacial score (nSPS) is 10.6. The first kappa shape index (κ1) is 11.7. The van der Waals surface area contributed by atoms with Crippen LogP contribution in [-0.2, 0) is 19.3 Å². The summed E-state index contributed by atoms with van der Waals surface area (Å²) in [7, 11) is 0. The van der Waals surface area contributed by atoms with Crippen LogP contribution in [-0.4, -0.2) is 15.3 Å². The lowest BCUT2D eigenvalue weighted by atomic mass is 9.93. The first-order valence-electron chi connectivity index (χ1n) is 5.35. The Bertz CT molecular complexity index is 339. The van der Waals surface area contributed by atoms with Gasteiger partial charge in [0, 0.05) is 11.1 Å². The standard InChI is InChI=1S/C12H18O3/c1-4-7-8(5-2)10(13)12(15)11(14)9(7)6-3/h13-15H,4-6H2,1-3H3. The molecule has 0 saturated heterocycles. The van der Waals surface area contributed by atoms with Gasteiger partial charge in [-0.15, -0.1) is 0 Å². The van der Waals surface area contributed by atoms with Gasteiger partial charge in [-0.25, -0.2) is 0 Å². The van der Waals surface area contributed by atoms with Crippen molar-refractivity contribution in [1.82, 2.24) is 0 Å². The zero-order valence-electron chi connectivity index (χ0n) is 9.46.